The molecule has 1 aromatic heterocycles. The minimum Gasteiger partial charge on any atom is -0.493 e. The fraction of sp³-hybridized carbons (Fsp3) is 0.214. The van der Waals surface area contributed by atoms with Gasteiger partial charge in [-0.25, -0.2) is 4.39 Å². The second-order valence-corrected chi connectivity index (χ2v) is 8.16. The number of carbonyl (C=O) groups excluding carboxylic acids is 1. The number of pyridine rings is 1. The minimum absolute atomic E-state index is 0.131. The van der Waals surface area contributed by atoms with Crippen molar-refractivity contribution in [2.45, 2.75) is 0 Å². The van der Waals surface area contributed by atoms with Gasteiger partial charge in [-0.15, -0.1) is 0 Å². The second kappa shape index (κ2) is 10.7. The largest absolute Gasteiger partial charge is 0.493 e. The van der Waals surface area contributed by atoms with E-state index in [1.807, 2.05) is 0 Å². The molecule has 1 amide bonds. The Hall–Kier alpha value is -4.73. The Labute approximate surface area is 218 Å². The Kier molecular flexibility index (Phi) is 7.43. The summed E-state index contributed by atoms with van der Waals surface area (Å²) in [6.45, 7) is 0. The molecule has 0 N–H and O–H groups in total. The van der Waals surface area contributed by atoms with Crippen LogP contribution in [0.2, 0.25) is 0 Å². The van der Waals surface area contributed by atoms with E-state index < -0.39 is 17.2 Å². The molecule has 0 radical (unpaired) electrons. The lowest BCUT2D eigenvalue weighted by atomic mass is 10.1. The molecule has 0 aliphatic rings. The molecule has 9 nitrogen and oxygen atoms in total. The van der Waals surface area contributed by atoms with E-state index in [4.69, 9.17) is 23.7 Å². The van der Waals surface area contributed by atoms with Crippen LogP contribution in [0.3, 0.4) is 0 Å². The molecule has 0 bridgehead atoms. The van der Waals surface area contributed by atoms with Crippen LogP contribution in [0, 0.1) is 5.82 Å². The number of rotatable bonds is 8. The van der Waals surface area contributed by atoms with Crippen molar-refractivity contribution in [2.24, 2.45) is 0 Å². The number of aromatic nitrogens is 1. The van der Waals surface area contributed by atoms with E-state index in [0.29, 0.717) is 28.4 Å². The summed E-state index contributed by atoms with van der Waals surface area (Å²) in [5, 5.41) is 0.160. The Morgan fingerprint density at radius 2 is 1.42 bits per heavy atom. The van der Waals surface area contributed by atoms with Gasteiger partial charge in [0.25, 0.3) is 5.91 Å². The van der Waals surface area contributed by atoms with Gasteiger partial charge in [0.2, 0.25) is 11.2 Å². The average molecular weight is 523 g/mol. The number of carbonyl (C=O) groups is 1. The highest BCUT2D eigenvalue weighted by molar-refractivity contribution is 6.08. The molecule has 0 fully saturated rings. The number of anilines is 1. The third kappa shape index (κ3) is 4.45. The Balaban J connectivity index is 2.07. The van der Waals surface area contributed by atoms with E-state index in [1.165, 1.54) is 84.0 Å². The third-order valence-corrected chi connectivity index (χ3v) is 6.19. The smallest absolute Gasteiger partial charge is 0.263 e. The molecule has 4 rings (SSSR count). The van der Waals surface area contributed by atoms with E-state index in [-0.39, 0.29) is 28.2 Å². The van der Waals surface area contributed by atoms with Crippen molar-refractivity contribution in [1.29, 1.82) is 0 Å². The summed E-state index contributed by atoms with van der Waals surface area (Å²) in [7, 11) is 8.88. The molecule has 38 heavy (non-hydrogen) atoms. The summed E-state index contributed by atoms with van der Waals surface area (Å²) in [4.78, 5) is 28.7. The molecule has 0 saturated heterocycles. The lowest BCUT2D eigenvalue weighted by Crippen LogP contribution is -2.31. The molecular weight excluding hydrogens is 495 g/mol. The third-order valence-electron chi connectivity index (χ3n) is 6.19. The number of nitrogens with zero attached hydrogens (tertiary/aromatic N) is 2. The van der Waals surface area contributed by atoms with Crippen molar-refractivity contribution in [3.8, 4) is 34.4 Å². The van der Waals surface area contributed by atoms with Crippen LogP contribution in [0.15, 0.2) is 59.5 Å². The van der Waals surface area contributed by atoms with Crippen LogP contribution in [0.5, 0.6) is 28.7 Å². The van der Waals surface area contributed by atoms with E-state index in [1.54, 1.807) is 22.8 Å². The van der Waals surface area contributed by atoms with Crippen LogP contribution in [-0.2, 0) is 0 Å². The number of hydrogen-bond acceptors (Lipinski definition) is 7. The predicted octanol–water partition coefficient (Wildman–Crippen LogP) is 4.45. The van der Waals surface area contributed by atoms with Crippen molar-refractivity contribution in [3.05, 3.63) is 76.3 Å². The first kappa shape index (κ1) is 26.3. The molecule has 1 heterocycles. The van der Waals surface area contributed by atoms with Crippen molar-refractivity contribution in [2.75, 3.05) is 47.5 Å². The monoisotopic (exact) mass is 522 g/mol. The number of hydrogen-bond donors (Lipinski definition) is 0. The Morgan fingerprint density at radius 3 is 2.00 bits per heavy atom. The second-order valence-electron chi connectivity index (χ2n) is 8.16. The first-order chi connectivity index (χ1) is 18.3. The summed E-state index contributed by atoms with van der Waals surface area (Å²) >= 11 is 0. The zero-order valence-electron chi connectivity index (χ0n) is 21.8. The Bertz CT molecular complexity index is 1570. The average Bonchev–Trinajstić information content (AvgIpc) is 2.95. The van der Waals surface area contributed by atoms with E-state index in [9.17, 15) is 14.0 Å². The van der Waals surface area contributed by atoms with E-state index >= 15 is 0 Å². The van der Waals surface area contributed by atoms with Crippen molar-refractivity contribution in [3.63, 3.8) is 0 Å². The standard InChI is InChI=1S/C28H27FN2O7/c1-30(17-9-7-16(29)8-10-17)28(33)20-15-31(18-11-12-21(34-2)22(13-18)35-3)24-19(25(20)32)14-23(36-4)26(37-5)27(24)38-6/h7-15H,1-6H3. The molecule has 0 saturated carbocycles. The highest BCUT2D eigenvalue weighted by atomic mass is 19.1. The minimum atomic E-state index is -0.591. The SMILES string of the molecule is COc1ccc(-n2cc(C(=O)N(C)c3ccc(F)cc3)c(=O)c3cc(OC)c(OC)c(OC)c32)cc1OC. The summed E-state index contributed by atoms with van der Waals surface area (Å²) in [5.74, 6) is 0.672. The highest BCUT2D eigenvalue weighted by Crippen LogP contribution is 2.43. The molecule has 0 spiro atoms. The van der Waals surface area contributed by atoms with E-state index in [0.717, 1.165) is 0 Å². The van der Waals surface area contributed by atoms with Crippen LogP contribution in [0.25, 0.3) is 16.6 Å². The number of amides is 1. The van der Waals surface area contributed by atoms with Gasteiger partial charge in [-0.3, -0.25) is 9.59 Å². The van der Waals surface area contributed by atoms with Gasteiger partial charge >= 0.3 is 0 Å². The maximum absolute atomic E-state index is 13.8. The number of halogens is 1. The topological polar surface area (TPSA) is 88.5 Å². The van der Waals surface area contributed by atoms with Gasteiger partial charge in [-0.05, 0) is 42.5 Å². The van der Waals surface area contributed by atoms with Gasteiger partial charge in [-0.1, -0.05) is 0 Å². The van der Waals surface area contributed by atoms with E-state index in [2.05, 4.69) is 0 Å². The summed E-state index contributed by atoms with van der Waals surface area (Å²) in [6, 6.07) is 12.1. The van der Waals surface area contributed by atoms with Crippen LogP contribution in [0.4, 0.5) is 10.1 Å². The fourth-order valence-electron chi connectivity index (χ4n) is 4.24. The van der Waals surface area contributed by atoms with Crippen molar-refractivity contribution < 1.29 is 32.9 Å². The lowest BCUT2D eigenvalue weighted by Gasteiger charge is -2.22. The molecule has 3 aromatic carbocycles. The molecule has 10 heteroatoms. The van der Waals surface area contributed by atoms with Gasteiger partial charge in [-0.2, -0.15) is 0 Å². The molecular formula is C28H27FN2O7. The first-order valence-electron chi connectivity index (χ1n) is 11.4. The summed E-state index contributed by atoms with van der Waals surface area (Å²) in [5.41, 5.74) is 0.641. The van der Waals surface area contributed by atoms with Crippen LogP contribution >= 0.6 is 0 Å². The fourth-order valence-corrected chi connectivity index (χ4v) is 4.24. The summed E-state index contributed by atoms with van der Waals surface area (Å²) < 4.78 is 42.6. The number of benzene rings is 3. The van der Waals surface area contributed by atoms with Gasteiger partial charge in [0, 0.05) is 30.7 Å². The van der Waals surface area contributed by atoms with Crippen molar-refractivity contribution in [1.82, 2.24) is 4.57 Å². The van der Waals surface area contributed by atoms with Gasteiger partial charge in [0.05, 0.1) is 40.9 Å². The number of fused-ring (bicyclic) bond motifs is 1. The highest BCUT2D eigenvalue weighted by Gasteiger charge is 2.26. The molecule has 4 aromatic rings. The van der Waals surface area contributed by atoms with Crippen molar-refractivity contribution >= 4 is 22.5 Å². The van der Waals surface area contributed by atoms with Gasteiger partial charge in [0.1, 0.15) is 16.9 Å². The first-order valence-corrected chi connectivity index (χ1v) is 11.4. The molecule has 0 unspecified atom stereocenters. The van der Waals surface area contributed by atoms with Crippen LogP contribution in [0.1, 0.15) is 10.4 Å². The van der Waals surface area contributed by atoms with Gasteiger partial charge < -0.3 is 33.2 Å². The van der Waals surface area contributed by atoms with Crippen LogP contribution in [-0.4, -0.2) is 53.1 Å². The quantitative estimate of drug-likeness (QED) is 0.338. The van der Waals surface area contributed by atoms with Crippen LogP contribution < -0.4 is 34.0 Å². The maximum atomic E-state index is 13.8. The number of ether oxygens (including phenoxy) is 5. The molecule has 0 atom stereocenters. The maximum Gasteiger partial charge on any atom is 0.263 e. The number of methoxy groups -OCH3 is 5. The summed E-state index contributed by atoms with van der Waals surface area (Å²) in [6.07, 6.45) is 1.43. The Morgan fingerprint density at radius 1 is 0.789 bits per heavy atom. The lowest BCUT2D eigenvalue weighted by molar-refractivity contribution is 0.0991. The predicted molar refractivity (Wildman–Crippen MR) is 141 cm³/mol. The zero-order chi connectivity index (χ0) is 27.6. The normalized spacial score (nSPS) is 10.7. The molecule has 0 aliphatic carbocycles. The molecule has 198 valence electrons. The van der Waals surface area contributed by atoms with Gasteiger partial charge in [0.15, 0.2) is 23.0 Å². The molecule has 0 aliphatic heterocycles. The zero-order valence-corrected chi connectivity index (χ0v) is 21.8.